The highest BCUT2D eigenvalue weighted by molar-refractivity contribution is 6.31. The van der Waals surface area contributed by atoms with Gasteiger partial charge in [0.15, 0.2) is 0 Å². The van der Waals surface area contributed by atoms with E-state index in [1.165, 1.54) is 5.56 Å². The molecule has 1 atom stereocenters. The molecule has 1 unspecified atom stereocenters. The third-order valence-corrected chi connectivity index (χ3v) is 5.81. The third kappa shape index (κ3) is 3.45. The Labute approximate surface area is 170 Å². The van der Waals surface area contributed by atoms with Crippen molar-refractivity contribution in [2.45, 2.75) is 18.9 Å². The molecule has 0 bridgehead atoms. The molecule has 1 saturated heterocycles. The highest BCUT2D eigenvalue weighted by Crippen LogP contribution is 2.36. The van der Waals surface area contributed by atoms with Crippen LogP contribution < -0.4 is 16.2 Å². The maximum atomic E-state index is 12.5. The van der Waals surface area contributed by atoms with E-state index in [2.05, 4.69) is 23.6 Å². The maximum absolute atomic E-state index is 12.5. The Kier molecular flexibility index (Phi) is 5.52. The number of benzene rings is 2. The zero-order valence-corrected chi connectivity index (χ0v) is 17.0. The predicted octanol–water partition coefficient (Wildman–Crippen LogP) is 4.22. The summed E-state index contributed by atoms with van der Waals surface area (Å²) >= 11 is 6.38. The van der Waals surface area contributed by atoms with Gasteiger partial charge in [-0.3, -0.25) is 4.79 Å². The molecule has 1 aromatic heterocycles. The van der Waals surface area contributed by atoms with Crippen LogP contribution in [0.5, 0.6) is 0 Å². The summed E-state index contributed by atoms with van der Waals surface area (Å²) < 4.78 is 1.61. The van der Waals surface area contributed by atoms with Gasteiger partial charge in [0.05, 0.1) is 5.54 Å². The molecule has 4 rings (SSSR count). The first kappa shape index (κ1) is 19.7. The van der Waals surface area contributed by atoms with Crippen LogP contribution in [0.1, 0.15) is 17.5 Å². The van der Waals surface area contributed by atoms with E-state index in [1.54, 1.807) is 17.8 Å². The van der Waals surface area contributed by atoms with Gasteiger partial charge in [-0.2, -0.15) is 0 Å². The molecule has 27 heavy (non-hydrogen) atoms. The molecule has 0 spiro atoms. The van der Waals surface area contributed by atoms with Gasteiger partial charge in [-0.1, -0.05) is 29.8 Å². The summed E-state index contributed by atoms with van der Waals surface area (Å²) in [5.74, 6) is 0. The van der Waals surface area contributed by atoms with Crippen molar-refractivity contribution in [1.29, 1.82) is 0 Å². The summed E-state index contributed by atoms with van der Waals surface area (Å²) in [6.45, 7) is 3.82. The second-order valence-corrected chi connectivity index (χ2v) is 7.49. The molecule has 6 heteroatoms. The minimum Gasteiger partial charge on any atom is -0.374 e. The highest BCUT2D eigenvalue weighted by atomic mass is 35.5. The Morgan fingerprint density at radius 2 is 2.04 bits per heavy atom. The van der Waals surface area contributed by atoms with Crippen molar-refractivity contribution in [1.82, 2.24) is 9.88 Å². The zero-order chi connectivity index (χ0) is 18.3. The first-order valence-electron chi connectivity index (χ1n) is 8.84. The number of aromatic nitrogens is 1. The Hall–Kier alpha value is -2.01. The molecule has 4 nitrogen and oxygen atoms in total. The van der Waals surface area contributed by atoms with E-state index in [0.29, 0.717) is 0 Å². The number of hydrogen-bond acceptors (Lipinski definition) is 3. The number of hydrogen-bond donors (Lipinski definition) is 2. The van der Waals surface area contributed by atoms with Gasteiger partial charge >= 0.3 is 0 Å². The molecule has 1 fully saturated rings. The van der Waals surface area contributed by atoms with E-state index in [4.69, 9.17) is 11.6 Å². The van der Waals surface area contributed by atoms with Crippen molar-refractivity contribution in [3.05, 3.63) is 75.2 Å². The Morgan fingerprint density at radius 3 is 2.78 bits per heavy atom. The Balaban J connectivity index is 0.00000210. The van der Waals surface area contributed by atoms with Crippen LogP contribution in [0.25, 0.3) is 10.8 Å². The minimum absolute atomic E-state index is 0. The van der Waals surface area contributed by atoms with Crippen LogP contribution in [0.15, 0.2) is 53.5 Å². The SMILES string of the molecule is Cc1c(Cl)cccc1C1(Nc2ccc3ccn(C)c(=O)c3c2)CCNC1.Cl. The first-order valence-corrected chi connectivity index (χ1v) is 9.22. The molecule has 2 N–H and O–H groups in total. The Bertz CT molecular complexity index is 1040. The maximum Gasteiger partial charge on any atom is 0.258 e. The van der Waals surface area contributed by atoms with Gasteiger partial charge in [-0.15, -0.1) is 12.4 Å². The fraction of sp³-hybridized carbons (Fsp3) is 0.286. The summed E-state index contributed by atoms with van der Waals surface area (Å²) in [5, 5.41) is 9.63. The number of nitrogens with zero attached hydrogens (tertiary/aromatic N) is 1. The predicted molar refractivity (Wildman–Crippen MR) is 115 cm³/mol. The van der Waals surface area contributed by atoms with E-state index in [-0.39, 0.29) is 23.5 Å². The van der Waals surface area contributed by atoms with E-state index in [9.17, 15) is 4.79 Å². The number of anilines is 1. The van der Waals surface area contributed by atoms with Gasteiger partial charge in [0.1, 0.15) is 0 Å². The molecular formula is C21H23Cl2N3O. The van der Waals surface area contributed by atoms with E-state index in [1.807, 2.05) is 36.4 Å². The van der Waals surface area contributed by atoms with Crippen molar-refractivity contribution in [2.75, 3.05) is 18.4 Å². The van der Waals surface area contributed by atoms with Crippen LogP contribution in [0.3, 0.4) is 0 Å². The van der Waals surface area contributed by atoms with Crippen LogP contribution in [-0.2, 0) is 12.6 Å². The number of aryl methyl sites for hydroxylation is 1. The number of rotatable bonds is 3. The van der Waals surface area contributed by atoms with Gasteiger partial charge < -0.3 is 15.2 Å². The largest absolute Gasteiger partial charge is 0.374 e. The molecule has 0 saturated carbocycles. The summed E-state index contributed by atoms with van der Waals surface area (Å²) in [5.41, 5.74) is 3.04. The molecule has 0 radical (unpaired) electrons. The lowest BCUT2D eigenvalue weighted by atomic mass is 9.85. The number of halogens is 2. The lowest BCUT2D eigenvalue weighted by Crippen LogP contribution is -2.38. The summed E-state index contributed by atoms with van der Waals surface area (Å²) in [6.07, 6.45) is 2.76. The third-order valence-electron chi connectivity index (χ3n) is 5.40. The number of fused-ring (bicyclic) bond motifs is 1. The van der Waals surface area contributed by atoms with Crippen LogP contribution >= 0.6 is 24.0 Å². The van der Waals surface area contributed by atoms with Crippen molar-refractivity contribution >= 4 is 40.5 Å². The molecule has 0 aliphatic carbocycles. The van der Waals surface area contributed by atoms with Crippen molar-refractivity contribution in [2.24, 2.45) is 7.05 Å². The molecule has 2 aromatic carbocycles. The second kappa shape index (κ2) is 7.55. The van der Waals surface area contributed by atoms with Crippen molar-refractivity contribution < 1.29 is 0 Å². The molecule has 2 heterocycles. The van der Waals surface area contributed by atoms with Crippen LogP contribution in [0.4, 0.5) is 5.69 Å². The quantitative estimate of drug-likeness (QED) is 0.687. The lowest BCUT2D eigenvalue weighted by molar-refractivity contribution is 0.539. The van der Waals surface area contributed by atoms with Crippen LogP contribution in [-0.4, -0.2) is 17.7 Å². The van der Waals surface area contributed by atoms with E-state index >= 15 is 0 Å². The lowest BCUT2D eigenvalue weighted by Gasteiger charge is -2.33. The fourth-order valence-electron chi connectivity index (χ4n) is 3.91. The molecule has 3 aromatic rings. The monoisotopic (exact) mass is 403 g/mol. The topological polar surface area (TPSA) is 46.1 Å². The Morgan fingerprint density at radius 1 is 1.22 bits per heavy atom. The normalized spacial score (nSPS) is 19.1. The number of nitrogens with one attached hydrogen (secondary N) is 2. The summed E-state index contributed by atoms with van der Waals surface area (Å²) in [4.78, 5) is 12.5. The van der Waals surface area contributed by atoms with Gasteiger partial charge in [0, 0.05) is 35.9 Å². The van der Waals surface area contributed by atoms with Crippen molar-refractivity contribution in [3.8, 4) is 0 Å². The average Bonchev–Trinajstić information content (AvgIpc) is 3.10. The van der Waals surface area contributed by atoms with Gasteiger partial charge in [-0.05, 0) is 60.7 Å². The zero-order valence-electron chi connectivity index (χ0n) is 15.4. The average molecular weight is 404 g/mol. The number of pyridine rings is 1. The summed E-state index contributed by atoms with van der Waals surface area (Å²) in [7, 11) is 1.78. The molecular weight excluding hydrogens is 381 g/mol. The van der Waals surface area contributed by atoms with Crippen molar-refractivity contribution in [3.63, 3.8) is 0 Å². The molecule has 0 amide bonds. The first-order chi connectivity index (χ1) is 12.5. The van der Waals surface area contributed by atoms with E-state index < -0.39 is 0 Å². The standard InChI is InChI=1S/C21H22ClN3O.ClH/c1-14-18(4-3-5-19(14)22)21(9-10-23-13-21)24-16-7-6-15-8-11-25(2)20(26)17(15)12-16;/h3-8,11-12,23-24H,9-10,13H2,1-2H3;1H. The minimum atomic E-state index is -0.233. The highest BCUT2D eigenvalue weighted by Gasteiger charge is 2.37. The van der Waals surface area contributed by atoms with Gasteiger partial charge in [0.2, 0.25) is 0 Å². The van der Waals surface area contributed by atoms with Crippen LogP contribution in [0, 0.1) is 6.92 Å². The molecule has 1 aliphatic heterocycles. The van der Waals surface area contributed by atoms with Gasteiger partial charge in [0.25, 0.3) is 5.56 Å². The van der Waals surface area contributed by atoms with Gasteiger partial charge in [-0.25, -0.2) is 0 Å². The van der Waals surface area contributed by atoms with E-state index in [0.717, 1.165) is 46.6 Å². The summed E-state index contributed by atoms with van der Waals surface area (Å²) in [6, 6.07) is 14.0. The second-order valence-electron chi connectivity index (χ2n) is 7.08. The molecule has 142 valence electrons. The fourth-order valence-corrected chi connectivity index (χ4v) is 4.09. The molecule has 1 aliphatic rings. The smallest absolute Gasteiger partial charge is 0.258 e. The van der Waals surface area contributed by atoms with Crippen LogP contribution in [0.2, 0.25) is 5.02 Å².